The van der Waals surface area contributed by atoms with Crippen LogP contribution < -0.4 is 10.6 Å². The molecule has 0 spiro atoms. The molecule has 1 aliphatic rings. The van der Waals surface area contributed by atoms with Gasteiger partial charge in [-0.3, -0.25) is 0 Å². The molecule has 1 heterocycles. The van der Waals surface area contributed by atoms with Crippen LogP contribution in [0.1, 0.15) is 24.3 Å². The molecular formula is C17H20N2. The van der Waals surface area contributed by atoms with Gasteiger partial charge in [0.15, 0.2) is 0 Å². The van der Waals surface area contributed by atoms with Crippen LogP contribution in [0.15, 0.2) is 54.6 Å². The van der Waals surface area contributed by atoms with Crippen molar-refractivity contribution < 1.29 is 0 Å². The van der Waals surface area contributed by atoms with Gasteiger partial charge >= 0.3 is 0 Å². The lowest BCUT2D eigenvalue weighted by molar-refractivity contribution is 0.510. The molecule has 2 aromatic carbocycles. The van der Waals surface area contributed by atoms with E-state index in [1.54, 1.807) is 0 Å². The number of hydrogen-bond acceptors (Lipinski definition) is 2. The fourth-order valence-electron chi connectivity index (χ4n) is 2.89. The quantitative estimate of drug-likeness (QED) is 0.827. The lowest BCUT2D eigenvalue weighted by Gasteiger charge is -2.34. The van der Waals surface area contributed by atoms with E-state index in [4.69, 9.17) is 5.73 Å². The molecule has 98 valence electrons. The Labute approximate surface area is 114 Å². The molecule has 1 saturated heterocycles. The zero-order chi connectivity index (χ0) is 13.1. The summed E-state index contributed by atoms with van der Waals surface area (Å²) in [6, 6.07) is 19.1. The molecule has 1 fully saturated rings. The Morgan fingerprint density at radius 1 is 0.947 bits per heavy atom. The molecular weight excluding hydrogens is 232 g/mol. The number of rotatable bonds is 2. The van der Waals surface area contributed by atoms with Gasteiger partial charge in [0.2, 0.25) is 0 Å². The van der Waals surface area contributed by atoms with Crippen LogP contribution >= 0.6 is 0 Å². The Morgan fingerprint density at radius 2 is 1.68 bits per heavy atom. The second-order valence-electron chi connectivity index (χ2n) is 5.29. The Bertz CT molecular complexity index is 519. The maximum absolute atomic E-state index is 5.76. The van der Waals surface area contributed by atoms with Crippen LogP contribution in [-0.4, -0.2) is 13.1 Å². The van der Waals surface area contributed by atoms with Gasteiger partial charge in [-0.2, -0.15) is 0 Å². The highest BCUT2D eigenvalue weighted by Crippen LogP contribution is 2.30. The van der Waals surface area contributed by atoms with Crippen molar-refractivity contribution in [2.24, 2.45) is 0 Å². The average molecular weight is 252 g/mol. The lowest BCUT2D eigenvalue weighted by atomic mass is 9.90. The maximum Gasteiger partial charge on any atom is 0.0366 e. The SMILES string of the molecule is Nc1ccc(C2CCCN(c3ccccc3)C2)cc1. The van der Waals surface area contributed by atoms with E-state index >= 15 is 0 Å². The smallest absolute Gasteiger partial charge is 0.0366 e. The Hall–Kier alpha value is -1.96. The summed E-state index contributed by atoms with van der Waals surface area (Å²) in [5.74, 6) is 0.620. The van der Waals surface area contributed by atoms with Crippen molar-refractivity contribution in [2.45, 2.75) is 18.8 Å². The van der Waals surface area contributed by atoms with Gasteiger partial charge < -0.3 is 10.6 Å². The summed E-state index contributed by atoms with van der Waals surface area (Å²) in [6.45, 7) is 2.27. The summed E-state index contributed by atoms with van der Waals surface area (Å²) >= 11 is 0. The highest BCUT2D eigenvalue weighted by Gasteiger charge is 2.21. The Kier molecular flexibility index (Phi) is 3.41. The average Bonchev–Trinajstić information content (AvgIpc) is 2.49. The first-order valence-corrected chi connectivity index (χ1v) is 6.98. The molecule has 2 heteroatoms. The van der Waals surface area contributed by atoms with Crippen molar-refractivity contribution in [3.05, 3.63) is 60.2 Å². The summed E-state index contributed by atoms with van der Waals surface area (Å²) in [6.07, 6.45) is 2.52. The first kappa shape index (κ1) is 12.1. The monoisotopic (exact) mass is 252 g/mol. The molecule has 0 aliphatic carbocycles. The third kappa shape index (κ3) is 2.73. The third-order valence-corrected chi connectivity index (χ3v) is 3.95. The normalized spacial score (nSPS) is 19.4. The molecule has 2 nitrogen and oxygen atoms in total. The van der Waals surface area contributed by atoms with E-state index in [9.17, 15) is 0 Å². The van der Waals surface area contributed by atoms with E-state index in [1.165, 1.54) is 24.1 Å². The van der Waals surface area contributed by atoms with Crippen LogP contribution in [-0.2, 0) is 0 Å². The number of benzene rings is 2. The molecule has 2 N–H and O–H groups in total. The van der Waals surface area contributed by atoms with Crippen molar-refractivity contribution in [2.75, 3.05) is 23.7 Å². The van der Waals surface area contributed by atoms with Gasteiger partial charge in [-0.1, -0.05) is 30.3 Å². The molecule has 2 aromatic rings. The fraction of sp³-hybridized carbons (Fsp3) is 0.294. The minimum absolute atomic E-state index is 0.620. The molecule has 1 atom stereocenters. The van der Waals surface area contributed by atoms with Crippen molar-refractivity contribution in [3.63, 3.8) is 0 Å². The van der Waals surface area contributed by atoms with Crippen LogP contribution in [0.25, 0.3) is 0 Å². The second kappa shape index (κ2) is 5.35. The first-order valence-electron chi connectivity index (χ1n) is 6.98. The predicted octanol–water partition coefficient (Wildman–Crippen LogP) is 3.65. The predicted molar refractivity (Wildman–Crippen MR) is 81.5 cm³/mol. The van der Waals surface area contributed by atoms with Crippen molar-refractivity contribution in [1.82, 2.24) is 0 Å². The molecule has 0 aromatic heterocycles. The third-order valence-electron chi connectivity index (χ3n) is 3.95. The highest BCUT2D eigenvalue weighted by molar-refractivity contribution is 5.47. The van der Waals surface area contributed by atoms with Crippen molar-refractivity contribution >= 4 is 11.4 Å². The van der Waals surface area contributed by atoms with Crippen LogP contribution in [0.3, 0.4) is 0 Å². The summed E-state index contributed by atoms with van der Waals surface area (Å²) in [7, 11) is 0. The summed E-state index contributed by atoms with van der Waals surface area (Å²) < 4.78 is 0. The van der Waals surface area contributed by atoms with Crippen molar-refractivity contribution in [1.29, 1.82) is 0 Å². The molecule has 0 bridgehead atoms. The number of hydrogen-bond donors (Lipinski definition) is 1. The number of nitrogens with two attached hydrogens (primary N) is 1. The largest absolute Gasteiger partial charge is 0.399 e. The minimum atomic E-state index is 0.620. The molecule has 0 amide bonds. The zero-order valence-electron chi connectivity index (χ0n) is 11.1. The van der Waals surface area contributed by atoms with E-state index in [2.05, 4.69) is 47.4 Å². The second-order valence-corrected chi connectivity index (χ2v) is 5.29. The van der Waals surface area contributed by atoms with Gasteiger partial charge in [-0.15, -0.1) is 0 Å². The number of para-hydroxylation sites is 1. The minimum Gasteiger partial charge on any atom is -0.399 e. The van der Waals surface area contributed by atoms with E-state index in [0.717, 1.165) is 18.8 Å². The van der Waals surface area contributed by atoms with Gasteiger partial charge in [0, 0.05) is 30.4 Å². The van der Waals surface area contributed by atoms with E-state index in [1.807, 2.05) is 12.1 Å². The number of nitrogen functional groups attached to an aromatic ring is 1. The van der Waals surface area contributed by atoms with Crippen LogP contribution in [0.4, 0.5) is 11.4 Å². The van der Waals surface area contributed by atoms with Gasteiger partial charge in [0.05, 0.1) is 0 Å². The standard InChI is InChI=1S/C17H20N2/c18-16-10-8-14(9-11-16)15-5-4-12-19(13-15)17-6-2-1-3-7-17/h1-3,6-11,15H,4-5,12-13,18H2. The van der Waals surface area contributed by atoms with Crippen molar-refractivity contribution in [3.8, 4) is 0 Å². The molecule has 0 saturated carbocycles. The van der Waals surface area contributed by atoms with E-state index in [0.29, 0.717) is 5.92 Å². The number of nitrogens with zero attached hydrogens (tertiary/aromatic N) is 1. The lowest BCUT2D eigenvalue weighted by Crippen LogP contribution is -2.34. The maximum atomic E-state index is 5.76. The van der Waals surface area contributed by atoms with Crippen LogP contribution in [0, 0.1) is 0 Å². The van der Waals surface area contributed by atoms with Crippen LogP contribution in [0.5, 0.6) is 0 Å². The number of anilines is 2. The van der Waals surface area contributed by atoms with E-state index < -0.39 is 0 Å². The Balaban J connectivity index is 1.76. The summed E-state index contributed by atoms with van der Waals surface area (Å²) in [5, 5.41) is 0. The molecule has 1 unspecified atom stereocenters. The van der Waals surface area contributed by atoms with Gasteiger partial charge in [-0.25, -0.2) is 0 Å². The number of piperidine rings is 1. The van der Waals surface area contributed by atoms with E-state index in [-0.39, 0.29) is 0 Å². The summed E-state index contributed by atoms with van der Waals surface area (Å²) in [5.41, 5.74) is 9.36. The molecule has 19 heavy (non-hydrogen) atoms. The van der Waals surface area contributed by atoms with Gasteiger partial charge in [-0.05, 0) is 42.7 Å². The molecule has 0 radical (unpaired) electrons. The van der Waals surface area contributed by atoms with Gasteiger partial charge in [0.25, 0.3) is 0 Å². The first-order chi connectivity index (χ1) is 9.33. The highest BCUT2D eigenvalue weighted by atomic mass is 15.1. The molecule has 3 rings (SSSR count). The topological polar surface area (TPSA) is 29.3 Å². The van der Waals surface area contributed by atoms with Gasteiger partial charge in [0.1, 0.15) is 0 Å². The molecule has 1 aliphatic heterocycles. The Morgan fingerprint density at radius 3 is 2.42 bits per heavy atom. The summed E-state index contributed by atoms with van der Waals surface area (Å²) in [4.78, 5) is 2.49. The zero-order valence-corrected chi connectivity index (χ0v) is 11.1. The fourth-order valence-corrected chi connectivity index (χ4v) is 2.89. The van der Waals surface area contributed by atoms with Crippen LogP contribution in [0.2, 0.25) is 0 Å².